The van der Waals surface area contributed by atoms with Crippen LogP contribution in [0.5, 0.6) is 0 Å². The second kappa shape index (κ2) is 10.0. The summed E-state index contributed by atoms with van der Waals surface area (Å²) in [6.07, 6.45) is 4.32. The Bertz CT molecular complexity index is 791. The number of carbonyl (C=O) groups is 2. The Kier molecular flexibility index (Phi) is 7.20. The summed E-state index contributed by atoms with van der Waals surface area (Å²) < 4.78 is 0. The minimum absolute atomic E-state index is 0.0802. The quantitative estimate of drug-likeness (QED) is 0.774. The van der Waals surface area contributed by atoms with E-state index in [0.29, 0.717) is 11.3 Å². The van der Waals surface area contributed by atoms with E-state index in [4.69, 9.17) is 0 Å². The largest absolute Gasteiger partial charge is 0.348 e. The zero-order valence-electron chi connectivity index (χ0n) is 16.5. The van der Waals surface area contributed by atoms with Crippen LogP contribution in [0.2, 0.25) is 0 Å². The molecule has 2 N–H and O–H groups in total. The lowest BCUT2D eigenvalue weighted by atomic mass is 10.0. The summed E-state index contributed by atoms with van der Waals surface area (Å²) in [5.41, 5.74) is 2.60. The molecule has 0 bridgehead atoms. The number of hydrogen-bond acceptors (Lipinski definition) is 3. The molecule has 0 radical (unpaired) electrons. The van der Waals surface area contributed by atoms with E-state index in [1.807, 2.05) is 6.07 Å². The Morgan fingerprint density at radius 2 is 1.93 bits per heavy atom. The van der Waals surface area contributed by atoms with Gasteiger partial charge >= 0.3 is 0 Å². The van der Waals surface area contributed by atoms with E-state index in [0.717, 1.165) is 45.3 Å². The number of carbonyl (C=O) groups excluding carboxylic acids is 2. The number of amides is 2. The maximum atomic E-state index is 12.6. The molecule has 2 amide bonds. The molecule has 1 atom stereocenters. The number of likely N-dealkylation sites (tertiary alicyclic amines) is 1. The van der Waals surface area contributed by atoms with Crippen molar-refractivity contribution < 1.29 is 9.59 Å². The third kappa shape index (κ3) is 6.20. The van der Waals surface area contributed by atoms with Crippen molar-refractivity contribution >= 4 is 17.5 Å². The van der Waals surface area contributed by atoms with Crippen molar-refractivity contribution in [3.63, 3.8) is 0 Å². The van der Waals surface area contributed by atoms with Gasteiger partial charge in [-0.25, -0.2) is 0 Å². The first-order valence-corrected chi connectivity index (χ1v) is 10.0. The van der Waals surface area contributed by atoms with E-state index in [-0.39, 0.29) is 17.9 Å². The summed E-state index contributed by atoms with van der Waals surface area (Å²) in [6, 6.07) is 17.8. The zero-order chi connectivity index (χ0) is 19.8. The lowest BCUT2D eigenvalue weighted by Crippen LogP contribution is -2.47. The van der Waals surface area contributed by atoms with Crippen molar-refractivity contribution in [3.8, 4) is 0 Å². The van der Waals surface area contributed by atoms with Gasteiger partial charge in [0.25, 0.3) is 5.91 Å². The summed E-state index contributed by atoms with van der Waals surface area (Å²) >= 11 is 0. The summed E-state index contributed by atoms with van der Waals surface area (Å²) in [7, 11) is 0. The molecule has 1 heterocycles. The van der Waals surface area contributed by atoms with E-state index in [1.54, 1.807) is 24.3 Å². The predicted octanol–water partition coefficient (Wildman–Crippen LogP) is 3.47. The van der Waals surface area contributed by atoms with Crippen molar-refractivity contribution in [3.05, 3.63) is 65.7 Å². The van der Waals surface area contributed by atoms with Crippen molar-refractivity contribution in [2.45, 2.75) is 38.6 Å². The summed E-state index contributed by atoms with van der Waals surface area (Å²) in [6.45, 7) is 4.51. The normalized spacial score (nSPS) is 17.1. The van der Waals surface area contributed by atoms with Crippen LogP contribution in [-0.2, 0) is 11.2 Å². The van der Waals surface area contributed by atoms with Crippen molar-refractivity contribution in [2.24, 2.45) is 0 Å². The molecule has 0 aliphatic carbocycles. The number of rotatable bonds is 7. The van der Waals surface area contributed by atoms with E-state index < -0.39 is 0 Å². The SMILES string of the molecule is CC(=O)Nc1cccc(C(=O)N[C@H]2CCCN(CCCc3ccccc3)C2)c1. The van der Waals surface area contributed by atoms with Gasteiger partial charge in [0.2, 0.25) is 5.91 Å². The lowest BCUT2D eigenvalue weighted by molar-refractivity contribution is -0.114. The molecule has 5 nitrogen and oxygen atoms in total. The lowest BCUT2D eigenvalue weighted by Gasteiger charge is -2.33. The molecule has 1 aliphatic heterocycles. The maximum absolute atomic E-state index is 12.6. The minimum atomic E-state index is -0.143. The Morgan fingerprint density at radius 3 is 2.71 bits per heavy atom. The number of benzene rings is 2. The van der Waals surface area contributed by atoms with Gasteiger partial charge in [-0.05, 0) is 62.5 Å². The molecule has 1 fully saturated rings. The van der Waals surface area contributed by atoms with Crippen LogP contribution in [0, 0.1) is 0 Å². The van der Waals surface area contributed by atoms with Gasteiger partial charge in [-0.3, -0.25) is 9.59 Å². The molecule has 0 spiro atoms. The van der Waals surface area contributed by atoms with Gasteiger partial charge in [-0.1, -0.05) is 36.4 Å². The standard InChI is InChI=1S/C23H29N3O2/c1-18(27)24-21-12-5-11-20(16-21)23(28)25-22-13-7-15-26(17-22)14-6-10-19-8-3-2-4-9-19/h2-5,8-9,11-12,16,22H,6-7,10,13-15,17H2,1H3,(H,24,27)(H,25,28)/t22-/m0/s1. The Morgan fingerprint density at radius 1 is 1.11 bits per heavy atom. The summed E-state index contributed by atoms with van der Waals surface area (Å²) in [4.78, 5) is 26.3. The summed E-state index contributed by atoms with van der Waals surface area (Å²) in [5.74, 6) is -0.223. The van der Waals surface area contributed by atoms with E-state index >= 15 is 0 Å². The van der Waals surface area contributed by atoms with Crippen LogP contribution in [-0.4, -0.2) is 42.4 Å². The fraction of sp³-hybridized carbons (Fsp3) is 0.391. The topological polar surface area (TPSA) is 61.4 Å². The van der Waals surface area contributed by atoms with Crippen LogP contribution in [0.3, 0.4) is 0 Å². The highest BCUT2D eigenvalue weighted by Crippen LogP contribution is 2.14. The van der Waals surface area contributed by atoms with Gasteiger partial charge in [-0.2, -0.15) is 0 Å². The van der Waals surface area contributed by atoms with E-state index in [9.17, 15) is 9.59 Å². The number of piperidine rings is 1. The molecule has 1 aliphatic rings. The number of nitrogens with one attached hydrogen (secondary N) is 2. The maximum Gasteiger partial charge on any atom is 0.251 e. The number of hydrogen-bond donors (Lipinski definition) is 2. The fourth-order valence-corrected chi connectivity index (χ4v) is 3.74. The molecular formula is C23H29N3O2. The number of aryl methyl sites for hydroxylation is 1. The third-order valence-corrected chi connectivity index (χ3v) is 5.07. The molecule has 0 saturated carbocycles. The molecule has 2 aromatic rings. The molecule has 0 unspecified atom stereocenters. The van der Waals surface area contributed by atoms with E-state index in [2.05, 4.69) is 39.8 Å². The first kappa shape index (κ1) is 20.1. The van der Waals surface area contributed by atoms with Crippen molar-refractivity contribution in [1.29, 1.82) is 0 Å². The highest BCUT2D eigenvalue weighted by molar-refractivity contribution is 5.96. The van der Waals surface area contributed by atoms with Gasteiger partial charge in [0.1, 0.15) is 0 Å². The Hall–Kier alpha value is -2.66. The van der Waals surface area contributed by atoms with Gasteiger partial charge < -0.3 is 15.5 Å². The van der Waals surface area contributed by atoms with Crippen LogP contribution in [0.1, 0.15) is 42.1 Å². The van der Waals surface area contributed by atoms with Crippen LogP contribution in [0.15, 0.2) is 54.6 Å². The average Bonchev–Trinajstić information content (AvgIpc) is 2.69. The highest BCUT2D eigenvalue weighted by Gasteiger charge is 2.21. The van der Waals surface area contributed by atoms with E-state index in [1.165, 1.54) is 12.5 Å². The Labute approximate surface area is 167 Å². The summed E-state index contributed by atoms with van der Waals surface area (Å²) in [5, 5.41) is 5.88. The number of nitrogens with zero attached hydrogens (tertiary/aromatic N) is 1. The molecule has 3 rings (SSSR count). The zero-order valence-corrected chi connectivity index (χ0v) is 16.5. The third-order valence-electron chi connectivity index (χ3n) is 5.07. The fourth-order valence-electron chi connectivity index (χ4n) is 3.74. The van der Waals surface area contributed by atoms with Gasteiger partial charge in [0.05, 0.1) is 0 Å². The average molecular weight is 380 g/mol. The van der Waals surface area contributed by atoms with Crippen LogP contribution in [0.4, 0.5) is 5.69 Å². The van der Waals surface area contributed by atoms with Crippen molar-refractivity contribution in [1.82, 2.24) is 10.2 Å². The predicted molar refractivity (Wildman–Crippen MR) is 112 cm³/mol. The van der Waals surface area contributed by atoms with Crippen LogP contribution >= 0.6 is 0 Å². The Balaban J connectivity index is 1.47. The van der Waals surface area contributed by atoms with Gasteiger partial charge in [0, 0.05) is 30.8 Å². The molecule has 28 heavy (non-hydrogen) atoms. The molecule has 1 saturated heterocycles. The molecule has 148 valence electrons. The molecule has 5 heteroatoms. The first-order chi connectivity index (χ1) is 13.6. The minimum Gasteiger partial charge on any atom is -0.348 e. The van der Waals surface area contributed by atoms with Gasteiger partial charge in [0.15, 0.2) is 0 Å². The molecular weight excluding hydrogens is 350 g/mol. The smallest absolute Gasteiger partial charge is 0.251 e. The van der Waals surface area contributed by atoms with Crippen LogP contribution < -0.4 is 10.6 Å². The highest BCUT2D eigenvalue weighted by atomic mass is 16.2. The van der Waals surface area contributed by atoms with Crippen LogP contribution in [0.25, 0.3) is 0 Å². The number of anilines is 1. The molecule has 2 aromatic carbocycles. The second-order valence-corrected chi connectivity index (χ2v) is 7.46. The molecule has 0 aromatic heterocycles. The first-order valence-electron chi connectivity index (χ1n) is 10.0. The second-order valence-electron chi connectivity index (χ2n) is 7.46. The van der Waals surface area contributed by atoms with Gasteiger partial charge in [-0.15, -0.1) is 0 Å². The van der Waals surface area contributed by atoms with Crippen molar-refractivity contribution in [2.75, 3.05) is 25.0 Å². The monoisotopic (exact) mass is 379 g/mol.